The molecule has 3 rings (SSSR count). The van der Waals surface area contributed by atoms with Crippen molar-refractivity contribution in [3.05, 3.63) is 29.8 Å². The van der Waals surface area contributed by atoms with E-state index in [0.717, 1.165) is 6.42 Å². The molecule has 90 valence electrons. The van der Waals surface area contributed by atoms with Crippen LogP contribution >= 0.6 is 11.8 Å². The van der Waals surface area contributed by atoms with E-state index in [1.165, 1.54) is 10.5 Å². The van der Waals surface area contributed by atoms with Gasteiger partial charge >= 0.3 is 0 Å². The molecule has 2 nitrogen and oxygen atoms in total. The summed E-state index contributed by atoms with van der Waals surface area (Å²) in [4.78, 5) is 15.6. The van der Waals surface area contributed by atoms with Crippen molar-refractivity contribution in [1.29, 1.82) is 0 Å². The predicted octanol–water partition coefficient (Wildman–Crippen LogP) is 2.89. The molecule has 0 saturated carbocycles. The minimum absolute atomic E-state index is 0.135. The number of Topliss-reactive ketones (excluding diaryl/α,β-unsaturated/α-hetero) is 1. The third-order valence-corrected chi connectivity index (χ3v) is 5.53. The van der Waals surface area contributed by atoms with Crippen molar-refractivity contribution < 1.29 is 4.79 Å². The van der Waals surface area contributed by atoms with Gasteiger partial charge < -0.3 is 0 Å². The molecule has 2 heterocycles. The van der Waals surface area contributed by atoms with Gasteiger partial charge in [-0.15, -0.1) is 11.8 Å². The zero-order valence-electron chi connectivity index (χ0n) is 10.2. The summed E-state index contributed by atoms with van der Waals surface area (Å²) >= 11 is 1.92. The monoisotopic (exact) mass is 247 g/mol. The first-order valence-corrected chi connectivity index (χ1v) is 7.10. The molecule has 1 fully saturated rings. The van der Waals surface area contributed by atoms with Crippen LogP contribution in [-0.2, 0) is 4.79 Å². The number of hydrogen-bond donors (Lipinski definition) is 0. The minimum Gasteiger partial charge on any atom is -0.298 e. The largest absolute Gasteiger partial charge is 0.298 e. The van der Waals surface area contributed by atoms with Gasteiger partial charge in [0.25, 0.3) is 0 Å². The van der Waals surface area contributed by atoms with E-state index in [0.29, 0.717) is 23.5 Å². The maximum absolute atomic E-state index is 11.9. The van der Waals surface area contributed by atoms with E-state index in [-0.39, 0.29) is 6.04 Å². The van der Waals surface area contributed by atoms with Crippen molar-refractivity contribution in [2.24, 2.45) is 0 Å². The Morgan fingerprint density at radius 3 is 3.00 bits per heavy atom. The molecule has 1 aromatic carbocycles. The van der Waals surface area contributed by atoms with Crippen LogP contribution in [0.1, 0.15) is 31.2 Å². The summed E-state index contributed by atoms with van der Waals surface area (Å²) in [6.07, 6.45) is 1.65. The summed E-state index contributed by atoms with van der Waals surface area (Å²) < 4.78 is 0. The first kappa shape index (κ1) is 11.3. The quantitative estimate of drug-likeness (QED) is 0.801. The topological polar surface area (TPSA) is 20.3 Å². The van der Waals surface area contributed by atoms with Crippen LogP contribution in [0.2, 0.25) is 0 Å². The van der Waals surface area contributed by atoms with Crippen molar-refractivity contribution in [1.82, 2.24) is 4.90 Å². The Hall–Kier alpha value is -0.800. The van der Waals surface area contributed by atoms with E-state index >= 15 is 0 Å². The molecular formula is C14H17NOS. The fourth-order valence-electron chi connectivity index (χ4n) is 3.05. The second-order valence-corrected chi connectivity index (χ2v) is 6.05. The van der Waals surface area contributed by atoms with Crippen molar-refractivity contribution >= 4 is 17.5 Å². The van der Waals surface area contributed by atoms with Gasteiger partial charge in [0.15, 0.2) is 0 Å². The van der Waals surface area contributed by atoms with Gasteiger partial charge in [0.1, 0.15) is 5.78 Å². The van der Waals surface area contributed by atoms with Gasteiger partial charge in [-0.05, 0) is 25.1 Å². The number of ketones is 1. The van der Waals surface area contributed by atoms with Crippen LogP contribution in [0.15, 0.2) is 29.2 Å². The van der Waals surface area contributed by atoms with Gasteiger partial charge in [-0.3, -0.25) is 9.69 Å². The van der Waals surface area contributed by atoms with Crippen LogP contribution in [-0.4, -0.2) is 29.1 Å². The maximum Gasteiger partial charge on any atom is 0.149 e. The lowest BCUT2D eigenvalue weighted by molar-refractivity contribution is -0.122. The Bertz CT molecular complexity index is 459. The van der Waals surface area contributed by atoms with E-state index in [1.807, 2.05) is 18.7 Å². The molecule has 1 aromatic rings. The lowest BCUT2D eigenvalue weighted by Crippen LogP contribution is -2.35. The first-order valence-electron chi connectivity index (χ1n) is 6.22. The highest BCUT2D eigenvalue weighted by atomic mass is 32.2. The molecule has 3 heteroatoms. The fourth-order valence-corrected chi connectivity index (χ4v) is 4.56. The number of likely N-dealkylation sites (tertiary alicyclic amines) is 1. The summed E-state index contributed by atoms with van der Waals surface area (Å²) in [6, 6.07) is 8.76. The molecule has 0 aliphatic carbocycles. The summed E-state index contributed by atoms with van der Waals surface area (Å²) in [6.45, 7) is 1.96. The van der Waals surface area contributed by atoms with E-state index in [1.54, 1.807) is 0 Å². The van der Waals surface area contributed by atoms with Gasteiger partial charge in [-0.25, -0.2) is 0 Å². The summed E-state index contributed by atoms with van der Waals surface area (Å²) in [5.41, 5.74) is 1.45. The number of thioether (sulfide) groups is 1. The molecule has 0 spiro atoms. The first-order chi connectivity index (χ1) is 8.22. The number of fused-ring (bicyclic) bond motifs is 3. The van der Waals surface area contributed by atoms with Gasteiger partial charge in [0.2, 0.25) is 0 Å². The van der Waals surface area contributed by atoms with Crippen LogP contribution in [0.3, 0.4) is 0 Å². The Balaban J connectivity index is 1.90. The highest BCUT2D eigenvalue weighted by molar-refractivity contribution is 8.00. The Labute approximate surface area is 106 Å². The van der Waals surface area contributed by atoms with Gasteiger partial charge in [0.05, 0.1) is 11.4 Å². The van der Waals surface area contributed by atoms with Crippen LogP contribution in [0.4, 0.5) is 0 Å². The summed E-state index contributed by atoms with van der Waals surface area (Å²) in [7, 11) is 2.10. The number of nitrogens with zero attached hydrogens (tertiary/aromatic N) is 1. The molecule has 3 atom stereocenters. The molecule has 0 aromatic heterocycles. The zero-order chi connectivity index (χ0) is 12.0. The van der Waals surface area contributed by atoms with Crippen molar-refractivity contribution in [2.45, 2.75) is 42.0 Å². The number of carbonyl (C=O) groups excluding carboxylic acids is 1. The Kier molecular flexibility index (Phi) is 2.75. The number of hydrogen-bond acceptors (Lipinski definition) is 3. The van der Waals surface area contributed by atoms with Crippen LogP contribution in [0.5, 0.6) is 0 Å². The van der Waals surface area contributed by atoms with E-state index in [9.17, 15) is 4.79 Å². The summed E-state index contributed by atoms with van der Waals surface area (Å²) in [5.74, 6) is 0.932. The predicted molar refractivity (Wildman–Crippen MR) is 70.3 cm³/mol. The van der Waals surface area contributed by atoms with E-state index in [4.69, 9.17) is 0 Å². The van der Waals surface area contributed by atoms with Crippen molar-refractivity contribution in [2.75, 3.05) is 7.05 Å². The SMILES string of the molecule is CCC(=O)C1CC2c3ccccc3SC2N1C. The summed E-state index contributed by atoms with van der Waals surface area (Å²) in [5, 5.41) is 0.466. The van der Waals surface area contributed by atoms with Gasteiger partial charge in [-0.1, -0.05) is 25.1 Å². The fraction of sp³-hybridized carbons (Fsp3) is 0.500. The molecule has 0 bridgehead atoms. The second kappa shape index (κ2) is 4.14. The average Bonchev–Trinajstić information content (AvgIpc) is 2.86. The second-order valence-electron chi connectivity index (χ2n) is 4.89. The number of rotatable bonds is 2. The lowest BCUT2D eigenvalue weighted by Gasteiger charge is -2.22. The van der Waals surface area contributed by atoms with Crippen molar-refractivity contribution in [3.63, 3.8) is 0 Å². The number of benzene rings is 1. The molecule has 0 N–H and O–H groups in total. The minimum atomic E-state index is 0.135. The molecule has 2 aliphatic rings. The standard InChI is InChI=1S/C14H17NOS/c1-3-12(16)11-8-10-9-6-4-5-7-13(9)17-14(10)15(11)2/h4-7,10-11,14H,3,8H2,1-2H3. The Morgan fingerprint density at radius 1 is 1.47 bits per heavy atom. The Morgan fingerprint density at radius 2 is 2.24 bits per heavy atom. The smallest absolute Gasteiger partial charge is 0.149 e. The third kappa shape index (κ3) is 1.64. The molecule has 17 heavy (non-hydrogen) atoms. The van der Waals surface area contributed by atoms with Gasteiger partial charge in [0, 0.05) is 17.2 Å². The molecule has 0 radical (unpaired) electrons. The molecule has 3 unspecified atom stereocenters. The van der Waals surface area contributed by atoms with Gasteiger partial charge in [-0.2, -0.15) is 0 Å². The molecular weight excluding hydrogens is 230 g/mol. The number of likely N-dealkylation sites (N-methyl/N-ethyl adjacent to an activating group) is 1. The lowest BCUT2D eigenvalue weighted by atomic mass is 9.95. The number of carbonyl (C=O) groups is 1. The highest BCUT2D eigenvalue weighted by Gasteiger charge is 2.46. The van der Waals surface area contributed by atoms with Crippen LogP contribution < -0.4 is 0 Å². The van der Waals surface area contributed by atoms with E-state index < -0.39 is 0 Å². The normalized spacial score (nSPS) is 31.3. The molecule has 0 amide bonds. The zero-order valence-corrected chi connectivity index (χ0v) is 11.0. The van der Waals surface area contributed by atoms with Crippen molar-refractivity contribution in [3.8, 4) is 0 Å². The van der Waals surface area contributed by atoms with E-state index in [2.05, 4.69) is 36.2 Å². The molecule has 2 aliphatic heterocycles. The maximum atomic E-state index is 11.9. The van der Waals surface area contributed by atoms with Crippen LogP contribution in [0, 0.1) is 0 Å². The highest BCUT2D eigenvalue weighted by Crippen LogP contribution is 2.53. The third-order valence-electron chi connectivity index (χ3n) is 4.00. The molecule has 1 saturated heterocycles. The average molecular weight is 247 g/mol. The van der Waals surface area contributed by atoms with Crippen LogP contribution in [0.25, 0.3) is 0 Å².